The third-order valence-corrected chi connectivity index (χ3v) is 8.62. The van der Waals surface area contributed by atoms with Crippen LogP contribution in [-0.2, 0) is 5.41 Å². The van der Waals surface area contributed by atoms with Gasteiger partial charge < -0.3 is 19.8 Å². The number of aryl methyl sites for hydroxylation is 2. The molecule has 2 aromatic rings. The summed E-state index contributed by atoms with van der Waals surface area (Å²) in [4.78, 5) is 39.0. The average molecular weight is 496 g/mol. The predicted molar refractivity (Wildman–Crippen MR) is 132 cm³/mol. The number of rotatable bonds is 5. The van der Waals surface area contributed by atoms with Crippen molar-refractivity contribution in [1.82, 2.24) is 24.7 Å². The molecule has 8 nitrogen and oxygen atoms in total. The van der Waals surface area contributed by atoms with Gasteiger partial charge in [-0.1, -0.05) is 12.1 Å². The number of amides is 2. The number of nitrogens with zero attached hydrogens (tertiary/aromatic N) is 5. The van der Waals surface area contributed by atoms with Gasteiger partial charge in [0.1, 0.15) is 12.1 Å². The van der Waals surface area contributed by atoms with E-state index in [4.69, 9.17) is 0 Å². The highest BCUT2D eigenvalue weighted by molar-refractivity contribution is 5.96. The smallest absolute Gasteiger partial charge is 0.407 e. The molecule has 5 rings (SSSR count). The van der Waals surface area contributed by atoms with Crippen molar-refractivity contribution in [2.75, 3.05) is 45.8 Å². The van der Waals surface area contributed by atoms with Crippen LogP contribution in [0.2, 0.25) is 0 Å². The molecule has 1 N–H and O–H groups in total. The molecule has 2 amide bonds. The largest absolute Gasteiger partial charge is 0.465 e. The fourth-order valence-electron chi connectivity index (χ4n) is 6.50. The van der Waals surface area contributed by atoms with Crippen LogP contribution in [-0.4, -0.2) is 87.6 Å². The summed E-state index contributed by atoms with van der Waals surface area (Å²) in [7, 11) is 0. The number of benzene rings is 1. The molecule has 4 heterocycles. The maximum atomic E-state index is 14.1. The van der Waals surface area contributed by atoms with E-state index in [0.717, 1.165) is 56.1 Å². The van der Waals surface area contributed by atoms with Gasteiger partial charge in [0, 0.05) is 39.3 Å². The number of carbonyl (C=O) groups excluding carboxylic acids is 1. The van der Waals surface area contributed by atoms with Crippen molar-refractivity contribution in [3.05, 3.63) is 58.9 Å². The lowest BCUT2D eigenvalue weighted by molar-refractivity contribution is 0.0770. The molecule has 9 heteroatoms. The SMILES string of the molecule is Cc1ncnc(C)c1C(=O)N1CC2CN(CCC3(c4cccc(F)c4)CCN(C(=O)O)CC3)CC2C1. The second-order valence-corrected chi connectivity index (χ2v) is 10.7. The Labute approximate surface area is 211 Å². The van der Waals surface area contributed by atoms with Crippen LogP contribution in [0.25, 0.3) is 0 Å². The summed E-state index contributed by atoms with van der Waals surface area (Å²) in [5.74, 6) is 0.667. The van der Waals surface area contributed by atoms with Crippen molar-refractivity contribution in [2.24, 2.45) is 11.8 Å². The van der Waals surface area contributed by atoms with Gasteiger partial charge in [0.25, 0.3) is 5.91 Å². The molecule has 2 atom stereocenters. The zero-order chi connectivity index (χ0) is 25.4. The molecule has 0 radical (unpaired) electrons. The first-order valence-corrected chi connectivity index (χ1v) is 12.8. The van der Waals surface area contributed by atoms with Crippen LogP contribution in [0.4, 0.5) is 9.18 Å². The molecular formula is C27H34FN5O3. The molecule has 1 aromatic heterocycles. The van der Waals surface area contributed by atoms with Gasteiger partial charge in [0.15, 0.2) is 0 Å². The summed E-state index contributed by atoms with van der Waals surface area (Å²) in [6.45, 7) is 8.91. The second-order valence-electron chi connectivity index (χ2n) is 10.7. The van der Waals surface area contributed by atoms with Gasteiger partial charge in [0.2, 0.25) is 0 Å². The van der Waals surface area contributed by atoms with E-state index in [1.165, 1.54) is 17.3 Å². The number of aromatic nitrogens is 2. The van der Waals surface area contributed by atoms with E-state index in [2.05, 4.69) is 14.9 Å². The Kier molecular flexibility index (Phi) is 6.68. The Morgan fingerprint density at radius 3 is 2.25 bits per heavy atom. The van der Waals surface area contributed by atoms with Gasteiger partial charge in [-0.3, -0.25) is 4.79 Å². The van der Waals surface area contributed by atoms with E-state index < -0.39 is 6.09 Å². The van der Waals surface area contributed by atoms with Crippen LogP contribution in [0.1, 0.15) is 46.6 Å². The molecule has 36 heavy (non-hydrogen) atoms. The molecule has 3 aliphatic heterocycles. The van der Waals surface area contributed by atoms with Crippen molar-refractivity contribution < 1.29 is 19.1 Å². The Morgan fingerprint density at radius 1 is 1.03 bits per heavy atom. The van der Waals surface area contributed by atoms with Crippen LogP contribution in [0.15, 0.2) is 30.6 Å². The van der Waals surface area contributed by atoms with Crippen LogP contribution in [0, 0.1) is 31.5 Å². The monoisotopic (exact) mass is 495 g/mol. The number of piperidine rings is 1. The summed E-state index contributed by atoms with van der Waals surface area (Å²) < 4.78 is 14.1. The first-order valence-electron chi connectivity index (χ1n) is 12.8. The average Bonchev–Trinajstić information content (AvgIpc) is 3.42. The van der Waals surface area contributed by atoms with Gasteiger partial charge in [-0.15, -0.1) is 0 Å². The molecule has 0 aliphatic carbocycles. The van der Waals surface area contributed by atoms with Crippen molar-refractivity contribution in [3.8, 4) is 0 Å². The maximum absolute atomic E-state index is 14.1. The zero-order valence-electron chi connectivity index (χ0n) is 21.0. The summed E-state index contributed by atoms with van der Waals surface area (Å²) in [6.07, 6.45) is 2.88. The molecule has 0 bridgehead atoms. The topological polar surface area (TPSA) is 89.9 Å². The molecule has 1 aromatic carbocycles. The van der Waals surface area contributed by atoms with E-state index in [1.54, 1.807) is 12.1 Å². The first kappa shape index (κ1) is 24.6. The van der Waals surface area contributed by atoms with E-state index in [0.29, 0.717) is 43.3 Å². The summed E-state index contributed by atoms with van der Waals surface area (Å²) in [5.41, 5.74) is 2.82. The highest BCUT2D eigenvalue weighted by Crippen LogP contribution is 2.40. The van der Waals surface area contributed by atoms with E-state index >= 15 is 0 Å². The highest BCUT2D eigenvalue weighted by Gasteiger charge is 2.43. The molecule has 3 aliphatic rings. The number of hydrogen-bond donors (Lipinski definition) is 1. The highest BCUT2D eigenvalue weighted by atomic mass is 19.1. The van der Waals surface area contributed by atoms with Gasteiger partial charge in [-0.25, -0.2) is 19.2 Å². The number of carbonyl (C=O) groups is 2. The number of likely N-dealkylation sites (tertiary alicyclic amines) is 3. The fourth-order valence-corrected chi connectivity index (χ4v) is 6.50. The third-order valence-electron chi connectivity index (χ3n) is 8.62. The predicted octanol–water partition coefficient (Wildman–Crippen LogP) is 3.34. The van der Waals surface area contributed by atoms with Gasteiger partial charge in [-0.05, 0) is 74.6 Å². The Balaban J connectivity index is 1.22. The summed E-state index contributed by atoms with van der Waals surface area (Å²) in [6, 6.07) is 6.82. The van der Waals surface area contributed by atoms with Crippen molar-refractivity contribution in [2.45, 2.75) is 38.5 Å². The van der Waals surface area contributed by atoms with Crippen molar-refractivity contribution >= 4 is 12.0 Å². The van der Waals surface area contributed by atoms with E-state index in [-0.39, 0.29) is 17.1 Å². The zero-order valence-corrected chi connectivity index (χ0v) is 21.0. The molecule has 3 fully saturated rings. The molecule has 192 valence electrons. The standard InChI is InChI=1S/C27H34FN5O3/c1-18-24(19(2)30-17-29-18)25(34)33-15-20-13-31(14-21(20)16-33)9-6-27(22-4-3-5-23(28)12-22)7-10-32(11-8-27)26(35)36/h3-5,12,17,20-21H,6-11,13-16H2,1-2H3,(H,35,36). The van der Waals surface area contributed by atoms with Gasteiger partial charge in [-0.2, -0.15) is 0 Å². The minimum absolute atomic E-state index is 0.0294. The first-order chi connectivity index (χ1) is 17.3. The van der Waals surface area contributed by atoms with E-state index in [1.807, 2.05) is 24.8 Å². The van der Waals surface area contributed by atoms with Crippen molar-refractivity contribution in [3.63, 3.8) is 0 Å². The lowest BCUT2D eigenvalue weighted by atomic mass is 9.70. The van der Waals surface area contributed by atoms with Crippen LogP contribution >= 0.6 is 0 Å². The van der Waals surface area contributed by atoms with Crippen LogP contribution in [0.5, 0.6) is 0 Å². The van der Waals surface area contributed by atoms with Crippen LogP contribution in [0.3, 0.4) is 0 Å². The number of hydrogen-bond acceptors (Lipinski definition) is 5. The Morgan fingerprint density at radius 2 is 1.67 bits per heavy atom. The Bertz CT molecular complexity index is 1120. The minimum atomic E-state index is -0.887. The van der Waals surface area contributed by atoms with Crippen molar-refractivity contribution in [1.29, 1.82) is 0 Å². The molecule has 3 saturated heterocycles. The van der Waals surface area contributed by atoms with Gasteiger partial charge in [0.05, 0.1) is 17.0 Å². The van der Waals surface area contributed by atoms with Crippen LogP contribution < -0.4 is 0 Å². The molecule has 0 saturated carbocycles. The number of fused-ring (bicyclic) bond motifs is 1. The Hall–Kier alpha value is -3.07. The summed E-state index contributed by atoms with van der Waals surface area (Å²) >= 11 is 0. The quantitative estimate of drug-likeness (QED) is 0.684. The maximum Gasteiger partial charge on any atom is 0.407 e. The van der Waals surface area contributed by atoms with Gasteiger partial charge >= 0.3 is 6.09 Å². The van der Waals surface area contributed by atoms with E-state index in [9.17, 15) is 19.1 Å². The number of halogens is 1. The second kappa shape index (κ2) is 9.76. The summed E-state index contributed by atoms with van der Waals surface area (Å²) in [5, 5.41) is 9.40. The lowest BCUT2D eigenvalue weighted by Gasteiger charge is -2.42. The molecule has 2 unspecified atom stereocenters. The fraction of sp³-hybridized carbons (Fsp3) is 0.556. The molecular weight excluding hydrogens is 461 g/mol. The normalized spacial score (nSPS) is 23.6. The third kappa shape index (κ3) is 4.68. The molecule has 0 spiro atoms. The lowest BCUT2D eigenvalue weighted by Crippen LogP contribution is -2.46. The minimum Gasteiger partial charge on any atom is -0.465 e. The number of carboxylic acid groups (broad SMARTS) is 1.